The fourth-order valence-corrected chi connectivity index (χ4v) is 2.85. The molecular weight excluding hydrogens is 312 g/mol. The van der Waals surface area contributed by atoms with Gasteiger partial charge in [-0.05, 0) is 24.3 Å². The highest BCUT2D eigenvalue weighted by Crippen LogP contribution is 2.32. The van der Waals surface area contributed by atoms with Gasteiger partial charge in [-0.25, -0.2) is 0 Å². The van der Waals surface area contributed by atoms with Gasteiger partial charge in [-0.2, -0.15) is 5.26 Å². The maximum absolute atomic E-state index is 12.2. The van der Waals surface area contributed by atoms with Crippen LogP contribution < -0.4 is 5.32 Å². The van der Waals surface area contributed by atoms with Crippen LogP contribution in [0, 0.1) is 11.3 Å². The molecule has 0 atom stereocenters. The van der Waals surface area contributed by atoms with Gasteiger partial charge in [-0.15, -0.1) is 0 Å². The molecule has 0 saturated carbocycles. The number of amides is 1. The minimum absolute atomic E-state index is 0.191. The summed E-state index contributed by atoms with van der Waals surface area (Å²) in [5.74, 6) is -0.883. The van der Waals surface area contributed by atoms with Crippen LogP contribution >= 0.6 is 11.8 Å². The molecule has 0 fully saturated rings. The minimum atomic E-state index is -0.515. The number of ether oxygens (including phenoxy) is 1. The summed E-state index contributed by atoms with van der Waals surface area (Å²) in [5, 5.41) is 11.7. The van der Waals surface area contributed by atoms with Gasteiger partial charge in [0.2, 0.25) is 0 Å². The third kappa shape index (κ3) is 4.34. The van der Waals surface area contributed by atoms with Crippen LogP contribution in [-0.4, -0.2) is 25.5 Å². The van der Waals surface area contributed by atoms with E-state index in [0.717, 1.165) is 4.90 Å². The maximum Gasteiger partial charge on any atom is 0.325 e. The second-order valence-electron chi connectivity index (χ2n) is 4.46. The Hall–Kier alpha value is -2.78. The first-order valence-electron chi connectivity index (χ1n) is 6.76. The van der Waals surface area contributed by atoms with E-state index < -0.39 is 5.97 Å². The van der Waals surface area contributed by atoms with Crippen molar-refractivity contribution in [3.63, 3.8) is 0 Å². The Kier molecular flexibility index (Phi) is 5.78. The molecule has 1 amide bonds. The number of rotatable bonds is 5. The molecule has 0 aromatic heterocycles. The van der Waals surface area contributed by atoms with Crippen LogP contribution in [0.25, 0.3) is 0 Å². The Morgan fingerprint density at radius 1 is 1.13 bits per heavy atom. The van der Waals surface area contributed by atoms with Crippen molar-refractivity contribution in [2.45, 2.75) is 9.79 Å². The van der Waals surface area contributed by atoms with Crippen molar-refractivity contribution in [1.82, 2.24) is 5.32 Å². The number of carbonyl (C=O) groups is 2. The molecule has 0 unspecified atom stereocenters. The zero-order chi connectivity index (χ0) is 16.7. The number of nitrogens with one attached hydrogen (secondary N) is 1. The number of benzene rings is 2. The lowest BCUT2D eigenvalue weighted by Crippen LogP contribution is -2.30. The summed E-state index contributed by atoms with van der Waals surface area (Å²) in [4.78, 5) is 24.8. The highest BCUT2D eigenvalue weighted by molar-refractivity contribution is 7.99. The molecule has 1 N–H and O–H groups in total. The van der Waals surface area contributed by atoms with Crippen LogP contribution in [0.1, 0.15) is 15.9 Å². The molecule has 2 aromatic rings. The van der Waals surface area contributed by atoms with Crippen LogP contribution in [0.15, 0.2) is 58.3 Å². The van der Waals surface area contributed by atoms with Crippen molar-refractivity contribution >= 4 is 23.6 Å². The van der Waals surface area contributed by atoms with Crippen LogP contribution in [0.3, 0.4) is 0 Å². The second kappa shape index (κ2) is 8.01. The smallest absolute Gasteiger partial charge is 0.325 e. The van der Waals surface area contributed by atoms with Crippen molar-refractivity contribution in [2.75, 3.05) is 13.7 Å². The third-order valence-corrected chi connectivity index (χ3v) is 4.13. The molecule has 0 saturated heterocycles. The average molecular weight is 326 g/mol. The van der Waals surface area contributed by atoms with Gasteiger partial charge in [0.15, 0.2) is 0 Å². The predicted molar refractivity (Wildman–Crippen MR) is 86.1 cm³/mol. The van der Waals surface area contributed by atoms with Gasteiger partial charge < -0.3 is 10.1 Å². The van der Waals surface area contributed by atoms with E-state index in [0.29, 0.717) is 16.0 Å². The zero-order valence-electron chi connectivity index (χ0n) is 12.4. The highest BCUT2D eigenvalue weighted by Gasteiger charge is 2.14. The van der Waals surface area contributed by atoms with Crippen molar-refractivity contribution in [1.29, 1.82) is 5.26 Å². The second-order valence-corrected chi connectivity index (χ2v) is 5.55. The van der Waals surface area contributed by atoms with Gasteiger partial charge in [-0.3, -0.25) is 9.59 Å². The normalized spacial score (nSPS) is 9.74. The quantitative estimate of drug-likeness (QED) is 0.854. The molecule has 6 heteroatoms. The molecule has 23 heavy (non-hydrogen) atoms. The van der Waals surface area contributed by atoms with Gasteiger partial charge in [0.1, 0.15) is 12.6 Å². The molecule has 2 rings (SSSR count). The van der Waals surface area contributed by atoms with Crippen LogP contribution in [0.2, 0.25) is 0 Å². The van der Waals surface area contributed by atoms with Crippen molar-refractivity contribution in [3.05, 3.63) is 59.7 Å². The SMILES string of the molecule is COC(=O)CNC(=O)c1ccccc1Sc1ccccc1C#N. The number of nitrogens with zero attached hydrogens (tertiary/aromatic N) is 1. The lowest BCUT2D eigenvalue weighted by molar-refractivity contribution is -0.139. The Balaban J connectivity index is 2.22. The van der Waals surface area contributed by atoms with Crippen molar-refractivity contribution < 1.29 is 14.3 Å². The molecule has 0 radical (unpaired) electrons. The minimum Gasteiger partial charge on any atom is -0.468 e. The lowest BCUT2D eigenvalue weighted by Gasteiger charge is -2.10. The standard InChI is InChI=1S/C17H14N2O3S/c1-22-16(20)11-19-17(21)13-7-3-5-9-15(13)23-14-8-4-2-6-12(14)10-18/h2-9H,11H2,1H3,(H,19,21). The molecule has 116 valence electrons. The molecule has 2 aromatic carbocycles. The molecule has 0 spiro atoms. The topological polar surface area (TPSA) is 79.2 Å². The monoisotopic (exact) mass is 326 g/mol. The van der Waals surface area contributed by atoms with Gasteiger partial charge in [0.25, 0.3) is 5.91 Å². The highest BCUT2D eigenvalue weighted by atomic mass is 32.2. The van der Waals surface area contributed by atoms with Crippen LogP contribution in [-0.2, 0) is 9.53 Å². The van der Waals surface area contributed by atoms with Gasteiger partial charge in [-0.1, -0.05) is 36.0 Å². The van der Waals surface area contributed by atoms with Gasteiger partial charge in [0.05, 0.1) is 18.2 Å². The first-order chi connectivity index (χ1) is 11.2. The molecule has 5 nitrogen and oxygen atoms in total. The Morgan fingerprint density at radius 2 is 1.78 bits per heavy atom. The molecule has 0 aliphatic rings. The van der Waals surface area contributed by atoms with Crippen LogP contribution in [0.5, 0.6) is 0 Å². The summed E-state index contributed by atoms with van der Waals surface area (Å²) in [6.45, 7) is -0.191. The van der Waals surface area contributed by atoms with E-state index in [9.17, 15) is 9.59 Å². The number of hydrogen-bond acceptors (Lipinski definition) is 5. The summed E-state index contributed by atoms with van der Waals surface area (Å²) in [7, 11) is 1.26. The fraction of sp³-hybridized carbons (Fsp3) is 0.118. The van der Waals surface area contributed by atoms with E-state index in [1.165, 1.54) is 18.9 Å². The summed E-state index contributed by atoms with van der Waals surface area (Å²) in [6.07, 6.45) is 0. The van der Waals surface area contributed by atoms with Crippen molar-refractivity contribution in [2.24, 2.45) is 0 Å². The van der Waals surface area contributed by atoms with Gasteiger partial charge >= 0.3 is 5.97 Å². The third-order valence-electron chi connectivity index (χ3n) is 2.98. The largest absolute Gasteiger partial charge is 0.468 e. The summed E-state index contributed by atoms with van der Waals surface area (Å²) < 4.78 is 4.50. The molecule has 0 heterocycles. The van der Waals surface area contributed by atoms with E-state index in [4.69, 9.17) is 5.26 Å². The van der Waals surface area contributed by atoms with E-state index in [2.05, 4.69) is 16.1 Å². The Morgan fingerprint density at radius 3 is 2.48 bits per heavy atom. The van der Waals surface area contributed by atoms with E-state index in [-0.39, 0.29) is 12.5 Å². The molecule has 0 aliphatic heterocycles. The van der Waals surface area contributed by atoms with Crippen LogP contribution in [0.4, 0.5) is 0 Å². The number of esters is 1. The predicted octanol–water partition coefficient (Wildman–Crippen LogP) is 2.61. The Labute approximate surface area is 138 Å². The number of carbonyl (C=O) groups excluding carboxylic acids is 2. The lowest BCUT2D eigenvalue weighted by atomic mass is 10.2. The van der Waals surface area contributed by atoms with E-state index in [1.807, 2.05) is 18.2 Å². The molecule has 0 aliphatic carbocycles. The summed E-state index contributed by atoms with van der Waals surface area (Å²) in [6, 6.07) is 16.3. The first-order valence-corrected chi connectivity index (χ1v) is 7.58. The van der Waals surface area contributed by atoms with E-state index >= 15 is 0 Å². The zero-order valence-corrected chi connectivity index (χ0v) is 13.2. The molecular formula is C17H14N2O3S. The summed E-state index contributed by atoms with van der Waals surface area (Å²) >= 11 is 1.33. The number of hydrogen-bond donors (Lipinski definition) is 1. The maximum atomic E-state index is 12.2. The first kappa shape index (κ1) is 16.6. The summed E-state index contributed by atoms with van der Waals surface area (Å²) in [5.41, 5.74) is 0.983. The number of nitriles is 1. The van der Waals surface area contributed by atoms with Crippen molar-refractivity contribution in [3.8, 4) is 6.07 Å². The van der Waals surface area contributed by atoms with Gasteiger partial charge in [0, 0.05) is 9.79 Å². The number of methoxy groups -OCH3 is 1. The fourth-order valence-electron chi connectivity index (χ4n) is 1.83. The average Bonchev–Trinajstić information content (AvgIpc) is 2.60. The Bertz CT molecular complexity index is 768. The molecule has 0 bridgehead atoms. The van der Waals surface area contributed by atoms with E-state index in [1.54, 1.807) is 30.3 Å².